The number of fused-ring (bicyclic) bond motifs is 1. The SMILES string of the molecule is Nc1cc(-c2ccccc2)nn1-c1nc2ccccc2nc1-c1ccccc1. The molecule has 2 heterocycles. The Kier molecular flexibility index (Phi) is 3.84. The molecule has 0 saturated carbocycles. The van der Waals surface area contributed by atoms with Gasteiger partial charge in [0.25, 0.3) is 0 Å². The normalized spacial score (nSPS) is 11.0. The van der Waals surface area contributed by atoms with Gasteiger partial charge in [-0.3, -0.25) is 0 Å². The first-order valence-corrected chi connectivity index (χ1v) is 9.03. The average molecular weight is 363 g/mol. The molecule has 0 aliphatic heterocycles. The van der Waals surface area contributed by atoms with Gasteiger partial charge in [0, 0.05) is 17.2 Å². The number of anilines is 1. The summed E-state index contributed by atoms with van der Waals surface area (Å²) in [5.74, 6) is 1.13. The van der Waals surface area contributed by atoms with Crippen LogP contribution in [0, 0.1) is 0 Å². The molecular formula is C23H17N5. The molecular weight excluding hydrogens is 346 g/mol. The third-order valence-electron chi connectivity index (χ3n) is 4.61. The van der Waals surface area contributed by atoms with Gasteiger partial charge in [0.15, 0.2) is 5.82 Å². The van der Waals surface area contributed by atoms with E-state index in [0.717, 1.165) is 33.5 Å². The topological polar surface area (TPSA) is 69.6 Å². The third kappa shape index (κ3) is 2.79. The molecule has 0 amide bonds. The number of nitrogens with two attached hydrogens (primary N) is 1. The number of aromatic nitrogens is 4. The average Bonchev–Trinajstić information content (AvgIpc) is 3.15. The van der Waals surface area contributed by atoms with Crippen LogP contribution >= 0.6 is 0 Å². The lowest BCUT2D eigenvalue weighted by molar-refractivity contribution is 0.862. The summed E-state index contributed by atoms with van der Waals surface area (Å²) >= 11 is 0. The van der Waals surface area contributed by atoms with Gasteiger partial charge in [-0.05, 0) is 12.1 Å². The van der Waals surface area contributed by atoms with Crippen molar-refractivity contribution in [3.63, 3.8) is 0 Å². The molecule has 0 aliphatic carbocycles. The maximum absolute atomic E-state index is 6.33. The zero-order chi connectivity index (χ0) is 18.9. The Morgan fingerprint density at radius 1 is 0.643 bits per heavy atom. The van der Waals surface area contributed by atoms with Gasteiger partial charge >= 0.3 is 0 Å². The lowest BCUT2D eigenvalue weighted by atomic mass is 10.1. The second-order valence-corrected chi connectivity index (χ2v) is 6.48. The molecule has 5 nitrogen and oxygen atoms in total. The quantitative estimate of drug-likeness (QED) is 0.503. The number of benzene rings is 3. The van der Waals surface area contributed by atoms with Crippen molar-refractivity contribution in [1.29, 1.82) is 0 Å². The van der Waals surface area contributed by atoms with Gasteiger partial charge in [0.2, 0.25) is 0 Å². The van der Waals surface area contributed by atoms with Gasteiger partial charge in [-0.1, -0.05) is 72.8 Å². The van der Waals surface area contributed by atoms with E-state index in [1.165, 1.54) is 0 Å². The van der Waals surface area contributed by atoms with Gasteiger partial charge in [-0.2, -0.15) is 9.78 Å². The van der Waals surface area contributed by atoms with Gasteiger partial charge in [0.1, 0.15) is 11.5 Å². The lowest BCUT2D eigenvalue weighted by Gasteiger charge is -2.11. The van der Waals surface area contributed by atoms with E-state index < -0.39 is 0 Å². The second-order valence-electron chi connectivity index (χ2n) is 6.48. The zero-order valence-electron chi connectivity index (χ0n) is 15.0. The summed E-state index contributed by atoms with van der Waals surface area (Å²) in [4.78, 5) is 9.71. The lowest BCUT2D eigenvalue weighted by Crippen LogP contribution is -2.08. The van der Waals surface area contributed by atoms with E-state index in [9.17, 15) is 0 Å². The van der Waals surface area contributed by atoms with Crippen molar-refractivity contribution in [3.05, 3.63) is 91.0 Å². The third-order valence-corrected chi connectivity index (χ3v) is 4.61. The number of hydrogen-bond acceptors (Lipinski definition) is 4. The van der Waals surface area contributed by atoms with Gasteiger partial charge in [0.05, 0.1) is 16.7 Å². The monoisotopic (exact) mass is 363 g/mol. The number of rotatable bonds is 3. The molecule has 0 atom stereocenters. The Morgan fingerprint density at radius 3 is 1.89 bits per heavy atom. The van der Waals surface area contributed by atoms with Crippen LogP contribution in [0.2, 0.25) is 0 Å². The standard InChI is InChI=1S/C23H17N5/c24-21-15-20(16-9-3-1-4-10-16)27-28(21)23-22(17-11-5-2-6-12-17)25-18-13-7-8-14-19(18)26-23/h1-15H,24H2. The van der Waals surface area contributed by atoms with Crippen LogP contribution in [-0.2, 0) is 0 Å². The van der Waals surface area contributed by atoms with Crippen molar-refractivity contribution in [2.45, 2.75) is 0 Å². The molecule has 0 aliphatic rings. The summed E-state index contributed by atoms with van der Waals surface area (Å²) in [5.41, 5.74) is 11.5. The van der Waals surface area contributed by atoms with E-state index >= 15 is 0 Å². The van der Waals surface area contributed by atoms with Crippen LogP contribution in [0.25, 0.3) is 39.4 Å². The van der Waals surface area contributed by atoms with Crippen LogP contribution in [0.15, 0.2) is 91.0 Å². The molecule has 5 rings (SSSR count). The van der Waals surface area contributed by atoms with Gasteiger partial charge in [-0.25, -0.2) is 9.97 Å². The molecule has 3 aromatic carbocycles. The molecule has 0 saturated heterocycles. The first-order chi connectivity index (χ1) is 13.8. The number of hydrogen-bond donors (Lipinski definition) is 1. The van der Waals surface area contributed by atoms with Crippen LogP contribution in [-0.4, -0.2) is 19.7 Å². The fourth-order valence-electron chi connectivity index (χ4n) is 3.24. The summed E-state index contributed by atoms with van der Waals surface area (Å²) in [5, 5.41) is 4.73. The highest BCUT2D eigenvalue weighted by molar-refractivity contribution is 5.81. The van der Waals surface area contributed by atoms with Gasteiger partial charge in [-0.15, -0.1) is 0 Å². The molecule has 0 fully saturated rings. The minimum Gasteiger partial charge on any atom is -0.384 e. The van der Waals surface area contributed by atoms with Crippen LogP contribution in [0.4, 0.5) is 5.82 Å². The van der Waals surface area contributed by atoms with Crippen molar-refractivity contribution in [2.24, 2.45) is 0 Å². The zero-order valence-corrected chi connectivity index (χ0v) is 15.0. The predicted molar refractivity (Wildman–Crippen MR) is 112 cm³/mol. The minimum atomic E-state index is 0.514. The molecule has 0 radical (unpaired) electrons. The molecule has 5 aromatic rings. The Balaban J connectivity index is 1.76. The fourth-order valence-corrected chi connectivity index (χ4v) is 3.24. The van der Waals surface area contributed by atoms with Crippen LogP contribution in [0.3, 0.4) is 0 Å². The minimum absolute atomic E-state index is 0.514. The fraction of sp³-hybridized carbons (Fsp3) is 0. The van der Waals surface area contributed by atoms with E-state index in [4.69, 9.17) is 20.8 Å². The summed E-state index contributed by atoms with van der Waals surface area (Å²) in [6.45, 7) is 0. The molecule has 0 spiro atoms. The van der Waals surface area contributed by atoms with Crippen molar-refractivity contribution < 1.29 is 0 Å². The highest BCUT2D eigenvalue weighted by Crippen LogP contribution is 2.29. The van der Waals surface area contributed by atoms with Gasteiger partial charge < -0.3 is 5.73 Å². The Bertz CT molecular complexity index is 1260. The Labute approximate surface area is 162 Å². The molecule has 0 bridgehead atoms. The van der Waals surface area contributed by atoms with Crippen LogP contribution in [0.1, 0.15) is 0 Å². The largest absolute Gasteiger partial charge is 0.384 e. The number of nitrogen functional groups attached to an aromatic ring is 1. The van der Waals surface area contributed by atoms with Crippen molar-refractivity contribution in [3.8, 4) is 28.3 Å². The summed E-state index contributed by atoms with van der Waals surface area (Å²) in [7, 11) is 0. The van der Waals surface area contributed by atoms with E-state index in [0.29, 0.717) is 11.6 Å². The molecule has 134 valence electrons. The predicted octanol–water partition coefficient (Wildman–Crippen LogP) is 4.73. The molecule has 28 heavy (non-hydrogen) atoms. The van der Waals surface area contributed by atoms with Crippen molar-refractivity contribution >= 4 is 16.9 Å². The van der Waals surface area contributed by atoms with Crippen molar-refractivity contribution in [2.75, 3.05) is 5.73 Å². The summed E-state index contributed by atoms with van der Waals surface area (Å²) in [6.07, 6.45) is 0. The Hall–Kier alpha value is -3.99. The first kappa shape index (κ1) is 16.2. The highest BCUT2D eigenvalue weighted by atomic mass is 15.3. The second kappa shape index (κ2) is 6.63. The Morgan fingerprint density at radius 2 is 1.21 bits per heavy atom. The number of nitrogens with zero attached hydrogens (tertiary/aromatic N) is 4. The molecule has 0 unspecified atom stereocenters. The first-order valence-electron chi connectivity index (χ1n) is 9.03. The van der Waals surface area contributed by atoms with E-state index in [1.807, 2.05) is 91.0 Å². The molecule has 2 N–H and O–H groups in total. The molecule has 2 aromatic heterocycles. The molecule has 5 heteroatoms. The van der Waals surface area contributed by atoms with E-state index in [2.05, 4.69) is 0 Å². The smallest absolute Gasteiger partial charge is 0.182 e. The van der Waals surface area contributed by atoms with Crippen LogP contribution in [0.5, 0.6) is 0 Å². The highest BCUT2D eigenvalue weighted by Gasteiger charge is 2.17. The summed E-state index contributed by atoms with van der Waals surface area (Å²) < 4.78 is 1.67. The maximum Gasteiger partial charge on any atom is 0.182 e. The maximum atomic E-state index is 6.33. The van der Waals surface area contributed by atoms with Crippen molar-refractivity contribution in [1.82, 2.24) is 19.7 Å². The number of para-hydroxylation sites is 2. The van der Waals surface area contributed by atoms with E-state index in [-0.39, 0.29) is 0 Å². The summed E-state index contributed by atoms with van der Waals surface area (Å²) in [6, 6.07) is 29.6. The van der Waals surface area contributed by atoms with E-state index in [1.54, 1.807) is 4.68 Å². The van der Waals surface area contributed by atoms with Crippen LogP contribution < -0.4 is 5.73 Å².